The first kappa shape index (κ1) is 14.9. The quantitative estimate of drug-likeness (QED) is 0.789. The molecule has 5 nitrogen and oxygen atoms in total. The van der Waals surface area contributed by atoms with E-state index in [0.717, 1.165) is 48.2 Å². The maximum absolute atomic E-state index is 12.6. The van der Waals surface area contributed by atoms with Crippen molar-refractivity contribution >= 4 is 16.9 Å². The van der Waals surface area contributed by atoms with Gasteiger partial charge in [0.1, 0.15) is 6.33 Å². The summed E-state index contributed by atoms with van der Waals surface area (Å²) in [7, 11) is 0. The standard InChI is InChI=1S/C19H20N4O/c20-15-9-11-22(12-10-15)19(24)14-5-7-16(8-6-14)23-13-21-17-3-1-2-4-18(17)23/h1-8,13,15H,9-12,20H2. The third kappa shape index (κ3) is 2.67. The second-order valence-corrected chi connectivity index (χ2v) is 6.28. The highest BCUT2D eigenvalue weighted by molar-refractivity contribution is 5.94. The van der Waals surface area contributed by atoms with Crippen molar-refractivity contribution in [1.82, 2.24) is 14.5 Å². The number of imidazole rings is 1. The maximum Gasteiger partial charge on any atom is 0.253 e. The highest BCUT2D eigenvalue weighted by atomic mass is 16.2. The fraction of sp³-hybridized carbons (Fsp3) is 0.263. The van der Waals surface area contributed by atoms with E-state index in [2.05, 4.69) is 4.98 Å². The lowest BCUT2D eigenvalue weighted by Crippen LogP contribution is -2.42. The normalized spacial score (nSPS) is 15.8. The van der Waals surface area contributed by atoms with Crippen molar-refractivity contribution in [1.29, 1.82) is 0 Å². The van der Waals surface area contributed by atoms with Crippen molar-refractivity contribution < 1.29 is 4.79 Å². The number of hydrogen-bond acceptors (Lipinski definition) is 3. The van der Waals surface area contributed by atoms with Crippen LogP contribution < -0.4 is 5.73 Å². The van der Waals surface area contributed by atoms with Crippen LogP contribution in [0.2, 0.25) is 0 Å². The molecule has 1 fully saturated rings. The SMILES string of the molecule is NC1CCN(C(=O)c2ccc(-n3cnc4ccccc43)cc2)CC1. The highest BCUT2D eigenvalue weighted by Gasteiger charge is 2.21. The highest BCUT2D eigenvalue weighted by Crippen LogP contribution is 2.19. The van der Waals surface area contributed by atoms with Crippen molar-refractivity contribution in [2.75, 3.05) is 13.1 Å². The molecule has 4 rings (SSSR count). The Hall–Kier alpha value is -2.66. The molecule has 5 heteroatoms. The Kier molecular flexibility index (Phi) is 3.78. The molecule has 1 aromatic heterocycles. The molecule has 0 aliphatic carbocycles. The van der Waals surface area contributed by atoms with Gasteiger partial charge in [-0.05, 0) is 49.2 Å². The summed E-state index contributed by atoms with van der Waals surface area (Å²) in [6.07, 6.45) is 3.57. The Balaban J connectivity index is 1.57. The second kappa shape index (κ2) is 6.09. The number of rotatable bonds is 2. The summed E-state index contributed by atoms with van der Waals surface area (Å²) in [5.74, 6) is 0.0870. The molecule has 3 aromatic rings. The fourth-order valence-corrected chi connectivity index (χ4v) is 3.21. The van der Waals surface area contributed by atoms with Crippen molar-refractivity contribution in [3.8, 4) is 5.69 Å². The predicted molar refractivity (Wildman–Crippen MR) is 94.2 cm³/mol. The molecule has 0 atom stereocenters. The summed E-state index contributed by atoms with van der Waals surface area (Å²) in [6, 6.07) is 16.0. The zero-order valence-electron chi connectivity index (χ0n) is 13.4. The molecule has 0 bridgehead atoms. The number of fused-ring (bicyclic) bond motifs is 1. The van der Waals surface area contributed by atoms with Crippen molar-refractivity contribution in [2.45, 2.75) is 18.9 Å². The van der Waals surface area contributed by atoms with E-state index in [1.54, 1.807) is 0 Å². The second-order valence-electron chi connectivity index (χ2n) is 6.28. The van der Waals surface area contributed by atoms with Crippen molar-refractivity contribution in [2.24, 2.45) is 5.73 Å². The minimum absolute atomic E-state index is 0.0870. The number of carbonyl (C=O) groups is 1. The molecule has 0 unspecified atom stereocenters. The van der Waals surface area contributed by atoms with Crippen LogP contribution in [0.5, 0.6) is 0 Å². The van der Waals surface area contributed by atoms with Gasteiger partial charge < -0.3 is 10.6 Å². The Bertz CT molecular complexity index is 860. The van der Waals surface area contributed by atoms with Gasteiger partial charge in [0.2, 0.25) is 0 Å². The van der Waals surface area contributed by atoms with E-state index >= 15 is 0 Å². The third-order valence-corrected chi connectivity index (χ3v) is 4.67. The first-order valence-corrected chi connectivity index (χ1v) is 8.30. The van der Waals surface area contributed by atoms with Gasteiger partial charge in [-0.1, -0.05) is 12.1 Å². The summed E-state index contributed by atoms with van der Waals surface area (Å²) >= 11 is 0. The van der Waals surface area contributed by atoms with Gasteiger partial charge in [0.05, 0.1) is 11.0 Å². The summed E-state index contributed by atoms with van der Waals surface area (Å²) in [4.78, 5) is 18.9. The van der Waals surface area contributed by atoms with Crippen LogP contribution in [0.15, 0.2) is 54.9 Å². The van der Waals surface area contributed by atoms with E-state index in [1.165, 1.54) is 0 Å². The van der Waals surface area contributed by atoms with Gasteiger partial charge in [0, 0.05) is 30.4 Å². The Morgan fingerprint density at radius 1 is 1.04 bits per heavy atom. The summed E-state index contributed by atoms with van der Waals surface area (Å²) < 4.78 is 2.03. The van der Waals surface area contributed by atoms with Gasteiger partial charge in [0.25, 0.3) is 5.91 Å². The zero-order chi connectivity index (χ0) is 16.5. The smallest absolute Gasteiger partial charge is 0.253 e. The topological polar surface area (TPSA) is 64.2 Å². The molecule has 1 aliphatic heterocycles. The molecule has 1 saturated heterocycles. The van der Waals surface area contributed by atoms with Crippen LogP contribution in [0.25, 0.3) is 16.7 Å². The third-order valence-electron chi connectivity index (χ3n) is 4.67. The van der Waals surface area contributed by atoms with Gasteiger partial charge >= 0.3 is 0 Å². The first-order valence-electron chi connectivity index (χ1n) is 8.30. The fourth-order valence-electron chi connectivity index (χ4n) is 3.21. The molecule has 1 amide bonds. The largest absolute Gasteiger partial charge is 0.339 e. The van der Waals surface area contributed by atoms with E-state index in [0.29, 0.717) is 0 Å². The van der Waals surface area contributed by atoms with Crippen LogP contribution in [0, 0.1) is 0 Å². The van der Waals surface area contributed by atoms with E-state index in [9.17, 15) is 4.79 Å². The molecule has 2 N–H and O–H groups in total. The summed E-state index contributed by atoms with van der Waals surface area (Å²) in [5.41, 5.74) is 9.65. The number of benzene rings is 2. The molecule has 2 heterocycles. The number of piperidine rings is 1. The van der Waals surface area contributed by atoms with Crippen LogP contribution in [0.1, 0.15) is 23.2 Å². The Morgan fingerprint density at radius 2 is 1.75 bits per heavy atom. The van der Waals surface area contributed by atoms with E-state index in [1.807, 2.05) is 64.3 Å². The lowest BCUT2D eigenvalue weighted by atomic mass is 10.0. The average molecular weight is 320 g/mol. The van der Waals surface area contributed by atoms with Crippen LogP contribution in [0.3, 0.4) is 0 Å². The predicted octanol–water partition coefficient (Wildman–Crippen LogP) is 2.59. The number of likely N-dealkylation sites (tertiary alicyclic amines) is 1. The van der Waals surface area contributed by atoms with E-state index < -0.39 is 0 Å². The van der Waals surface area contributed by atoms with Gasteiger partial charge in [-0.2, -0.15) is 0 Å². The van der Waals surface area contributed by atoms with Crippen molar-refractivity contribution in [3.63, 3.8) is 0 Å². The number of carbonyl (C=O) groups excluding carboxylic acids is 1. The molecule has 0 spiro atoms. The number of hydrogen-bond donors (Lipinski definition) is 1. The average Bonchev–Trinajstić information content (AvgIpc) is 3.06. The minimum atomic E-state index is 0.0870. The van der Waals surface area contributed by atoms with Crippen LogP contribution in [-0.2, 0) is 0 Å². The summed E-state index contributed by atoms with van der Waals surface area (Å²) in [6.45, 7) is 1.49. The molecule has 0 radical (unpaired) electrons. The number of nitrogens with two attached hydrogens (primary N) is 1. The molecule has 24 heavy (non-hydrogen) atoms. The Morgan fingerprint density at radius 3 is 2.50 bits per heavy atom. The Labute approximate surface area is 140 Å². The molecular formula is C19H20N4O. The minimum Gasteiger partial charge on any atom is -0.339 e. The molecule has 0 saturated carbocycles. The van der Waals surface area contributed by atoms with Crippen molar-refractivity contribution in [3.05, 3.63) is 60.4 Å². The lowest BCUT2D eigenvalue weighted by molar-refractivity contribution is 0.0715. The zero-order valence-corrected chi connectivity index (χ0v) is 13.4. The van der Waals surface area contributed by atoms with Gasteiger partial charge in [0.15, 0.2) is 0 Å². The van der Waals surface area contributed by atoms with Crippen LogP contribution in [0.4, 0.5) is 0 Å². The summed E-state index contributed by atoms with van der Waals surface area (Å²) in [5, 5.41) is 0. The van der Waals surface area contributed by atoms with Gasteiger partial charge in [-0.15, -0.1) is 0 Å². The van der Waals surface area contributed by atoms with Crippen LogP contribution in [-0.4, -0.2) is 39.5 Å². The van der Waals surface area contributed by atoms with Gasteiger partial charge in [-0.3, -0.25) is 9.36 Å². The molecule has 122 valence electrons. The molecule has 1 aliphatic rings. The first-order chi connectivity index (χ1) is 11.7. The van der Waals surface area contributed by atoms with E-state index in [-0.39, 0.29) is 11.9 Å². The monoisotopic (exact) mass is 320 g/mol. The number of nitrogens with zero attached hydrogens (tertiary/aromatic N) is 3. The van der Waals surface area contributed by atoms with E-state index in [4.69, 9.17) is 5.73 Å². The molecule has 2 aromatic carbocycles. The van der Waals surface area contributed by atoms with Crippen LogP contribution >= 0.6 is 0 Å². The van der Waals surface area contributed by atoms with Gasteiger partial charge in [-0.25, -0.2) is 4.98 Å². The number of amides is 1. The molecular weight excluding hydrogens is 300 g/mol. The number of para-hydroxylation sites is 2. The lowest BCUT2D eigenvalue weighted by Gasteiger charge is -2.30. The maximum atomic E-state index is 12.6. The number of aromatic nitrogens is 2.